The van der Waals surface area contributed by atoms with Gasteiger partial charge in [-0.25, -0.2) is 0 Å². The summed E-state index contributed by atoms with van der Waals surface area (Å²) in [7, 11) is 0. The van der Waals surface area contributed by atoms with Gasteiger partial charge in [-0.2, -0.15) is 0 Å². The maximum atomic E-state index is 10.3. The van der Waals surface area contributed by atoms with Crippen molar-refractivity contribution >= 4 is 0 Å². The van der Waals surface area contributed by atoms with Crippen molar-refractivity contribution in [3.63, 3.8) is 0 Å². The van der Waals surface area contributed by atoms with E-state index in [-0.39, 0.29) is 5.41 Å². The Labute approximate surface area is 95.3 Å². The van der Waals surface area contributed by atoms with Crippen LogP contribution in [0.25, 0.3) is 0 Å². The molecule has 1 heteroatoms. The first-order chi connectivity index (χ1) is 7.02. The van der Waals surface area contributed by atoms with Crippen LogP contribution in [0.5, 0.6) is 0 Å². The van der Waals surface area contributed by atoms with Crippen LogP contribution in [0.1, 0.15) is 78.6 Å². The molecule has 0 radical (unpaired) electrons. The molecular formula is C14H28O. The van der Waals surface area contributed by atoms with Crippen LogP contribution in [0.2, 0.25) is 0 Å². The zero-order valence-electron chi connectivity index (χ0n) is 10.8. The van der Waals surface area contributed by atoms with Crippen LogP contribution in [0.3, 0.4) is 0 Å². The molecule has 0 saturated heterocycles. The van der Waals surface area contributed by atoms with Gasteiger partial charge in [-0.15, -0.1) is 0 Å². The third-order valence-electron chi connectivity index (χ3n) is 4.32. The molecule has 0 spiro atoms. The molecule has 1 aliphatic rings. The summed E-state index contributed by atoms with van der Waals surface area (Å²) in [5, 5.41) is 10.3. The van der Waals surface area contributed by atoms with Crippen LogP contribution >= 0.6 is 0 Å². The van der Waals surface area contributed by atoms with Gasteiger partial charge < -0.3 is 5.11 Å². The lowest BCUT2D eigenvalue weighted by atomic mass is 9.83. The molecular weight excluding hydrogens is 184 g/mol. The van der Waals surface area contributed by atoms with E-state index in [2.05, 4.69) is 13.8 Å². The number of unbranched alkanes of at least 4 members (excludes halogenated alkanes) is 5. The van der Waals surface area contributed by atoms with E-state index in [1.807, 2.05) is 6.92 Å². The summed E-state index contributed by atoms with van der Waals surface area (Å²) in [6, 6.07) is 0. The molecule has 1 atom stereocenters. The fraction of sp³-hybridized carbons (Fsp3) is 1.00. The van der Waals surface area contributed by atoms with Crippen LogP contribution < -0.4 is 0 Å². The second kappa shape index (κ2) is 5.34. The lowest BCUT2D eigenvalue weighted by Crippen LogP contribution is -2.34. The van der Waals surface area contributed by atoms with E-state index in [0.29, 0.717) is 0 Å². The summed E-state index contributed by atoms with van der Waals surface area (Å²) < 4.78 is 0. The Hall–Kier alpha value is -0.0400. The highest BCUT2D eigenvalue weighted by Gasteiger charge is 2.51. The Morgan fingerprint density at radius 2 is 1.60 bits per heavy atom. The highest BCUT2D eigenvalue weighted by atomic mass is 16.3. The third kappa shape index (κ3) is 3.79. The number of hydrogen-bond acceptors (Lipinski definition) is 1. The molecule has 0 heterocycles. The molecule has 1 N–H and O–H groups in total. The van der Waals surface area contributed by atoms with Crippen LogP contribution in [0, 0.1) is 5.41 Å². The molecule has 90 valence electrons. The largest absolute Gasteiger partial charge is 0.390 e. The number of hydrogen-bond donors (Lipinski definition) is 1. The topological polar surface area (TPSA) is 20.2 Å². The SMILES string of the molecule is CCCCCCCCC(C)(O)C1(C)CC1. The Bertz CT molecular complexity index is 180. The van der Waals surface area contributed by atoms with Crippen molar-refractivity contribution in [1.82, 2.24) is 0 Å². The monoisotopic (exact) mass is 212 g/mol. The molecule has 0 aliphatic heterocycles. The van der Waals surface area contributed by atoms with Gasteiger partial charge in [0, 0.05) is 0 Å². The number of aliphatic hydroxyl groups is 1. The Morgan fingerprint density at radius 3 is 2.13 bits per heavy atom. The van der Waals surface area contributed by atoms with Gasteiger partial charge in [-0.05, 0) is 31.6 Å². The molecule has 1 rings (SSSR count). The van der Waals surface area contributed by atoms with E-state index in [9.17, 15) is 5.11 Å². The van der Waals surface area contributed by atoms with E-state index in [0.717, 1.165) is 6.42 Å². The number of rotatable bonds is 8. The first kappa shape index (κ1) is 13.0. The first-order valence-electron chi connectivity index (χ1n) is 6.74. The van der Waals surface area contributed by atoms with Gasteiger partial charge in [0.05, 0.1) is 5.60 Å². The van der Waals surface area contributed by atoms with E-state index in [1.165, 1.54) is 51.4 Å². The summed E-state index contributed by atoms with van der Waals surface area (Å²) in [5.41, 5.74) is -0.159. The van der Waals surface area contributed by atoms with Crippen LogP contribution in [-0.2, 0) is 0 Å². The normalized spacial score (nSPS) is 22.4. The van der Waals surface area contributed by atoms with Gasteiger partial charge >= 0.3 is 0 Å². The van der Waals surface area contributed by atoms with Gasteiger partial charge in [0.2, 0.25) is 0 Å². The maximum Gasteiger partial charge on any atom is 0.0673 e. The average molecular weight is 212 g/mol. The third-order valence-corrected chi connectivity index (χ3v) is 4.32. The highest BCUT2D eigenvalue weighted by Crippen LogP contribution is 2.55. The quantitative estimate of drug-likeness (QED) is 0.595. The van der Waals surface area contributed by atoms with Crippen molar-refractivity contribution in [3.8, 4) is 0 Å². The average Bonchev–Trinajstić information content (AvgIpc) is 2.91. The van der Waals surface area contributed by atoms with Gasteiger partial charge in [-0.3, -0.25) is 0 Å². The molecule has 0 bridgehead atoms. The van der Waals surface area contributed by atoms with Crippen LogP contribution in [0.4, 0.5) is 0 Å². The predicted octanol–water partition coefficient (Wildman–Crippen LogP) is 4.29. The van der Waals surface area contributed by atoms with Crippen LogP contribution in [-0.4, -0.2) is 10.7 Å². The molecule has 1 nitrogen and oxygen atoms in total. The zero-order valence-corrected chi connectivity index (χ0v) is 10.8. The molecule has 1 aliphatic carbocycles. The van der Waals surface area contributed by atoms with E-state index < -0.39 is 5.60 Å². The molecule has 1 fully saturated rings. The van der Waals surface area contributed by atoms with Gasteiger partial charge in [-0.1, -0.05) is 52.4 Å². The second-order valence-electron chi connectivity index (χ2n) is 5.85. The predicted molar refractivity (Wildman–Crippen MR) is 66.0 cm³/mol. The van der Waals surface area contributed by atoms with Gasteiger partial charge in [0.25, 0.3) is 0 Å². The smallest absolute Gasteiger partial charge is 0.0673 e. The van der Waals surface area contributed by atoms with Crippen LogP contribution in [0.15, 0.2) is 0 Å². The molecule has 1 unspecified atom stereocenters. The minimum Gasteiger partial charge on any atom is -0.390 e. The Balaban J connectivity index is 2.04. The Morgan fingerprint density at radius 1 is 1.07 bits per heavy atom. The van der Waals surface area contributed by atoms with Gasteiger partial charge in [0.1, 0.15) is 0 Å². The van der Waals surface area contributed by atoms with Crippen molar-refractivity contribution in [2.45, 2.75) is 84.2 Å². The van der Waals surface area contributed by atoms with E-state index >= 15 is 0 Å². The fourth-order valence-corrected chi connectivity index (χ4v) is 2.28. The molecule has 15 heavy (non-hydrogen) atoms. The highest BCUT2D eigenvalue weighted by molar-refractivity contribution is 5.02. The van der Waals surface area contributed by atoms with Crippen molar-refractivity contribution in [2.24, 2.45) is 5.41 Å². The van der Waals surface area contributed by atoms with Crippen molar-refractivity contribution in [3.05, 3.63) is 0 Å². The first-order valence-corrected chi connectivity index (χ1v) is 6.74. The van der Waals surface area contributed by atoms with Crippen molar-refractivity contribution < 1.29 is 5.11 Å². The van der Waals surface area contributed by atoms with Crippen molar-refractivity contribution in [1.29, 1.82) is 0 Å². The summed E-state index contributed by atoms with van der Waals surface area (Å²) in [5.74, 6) is 0. The molecule has 0 aromatic carbocycles. The molecule has 1 saturated carbocycles. The lowest BCUT2D eigenvalue weighted by Gasteiger charge is -2.30. The van der Waals surface area contributed by atoms with E-state index in [1.54, 1.807) is 0 Å². The second-order valence-corrected chi connectivity index (χ2v) is 5.85. The minimum absolute atomic E-state index is 0.246. The maximum absolute atomic E-state index is 10.3. The van der Waals surface area contributed by atoms with Gasteiger partial charge in [0.15, 0.2) is 0 Å². The fourth-order valence-electron chi connectivity index (χ4n) is 2.28. The summed E-state index contributed by atoms with van der Waals surface area (Å²) >= 11 is 0. The van der Waals surface area contributed by atoms with Crippen molar-refractivity contribution in [2.75, 3.05) is 0 Å². The van der Waals surface area contributed by atoms with E-state index in [4.69, 9.17) is 0 Å². The standard InChI is InChI=1S/C14H28O/c1-4-5-6-7-8-9-10-14(3,15)13(2)11-12-13/h15H,4-12H2,1-3H3. The minimum atomic E-state index is -0.405. The molecule has 0 aromatic rings. The summed E-state index contributed by atoms with van der Waals surface area (Å²) in [6.45, 7) is 6.51. The zero-order chi connectivity index (χ0) is 11.4. The lowest BCUT2D eigenvalue weighted by molar-refractivity contribution is -0.0173. The summed E-state index contributed by atoms with van der Waals surface area (Å²) in [6.07, 6.45) is 11.3. The Kier molecular flexibility index (Phi) is 4.64. The molecule has 0 aromatic heterocycles. The summed E-state index contributed by atoms with van der Waals surface area (Å²) in [4.78, 5) is 0. The molecule has 0 amide bonds.